The molecule has 2 amide bonds. The second-order valence-electron chi connectivity index (χ2n) is 2.98. The van der Waals surface area contributed by atoms with Gasteiger partial charge in [0.2, 0.25) is 0 Å². The largest absolute Gasteiger partial charge is 0.351 e. The van der Waals surface area contributed by atoms with Crippen LogP contribution in [0.5, 0.6) is 0 Å². The fourth-order valence-corrected chi connectivity index (χ4v) is 1.55. The number of nitrogens with one attached hydrogen (secondary N) is 1. The number of urea groups is 1. The number of rotatable bonds is 1. The fourth-order valence-electron chi connectivity index (χ4n) is 1.11. The summed E-state index contributed by atoms with van der Waals surface area (Å²) in [6.07, 6.45) is 0. The van der Waals surface area contributed by atoms with Gasteiger partial charge in [-0.25, -0.2) is 4.79 Å². The molecule has 5 heteroatoms. The monoisotopic (exact) mass is 232 g/mol. The summed E-state index contributed by atoms with van der Waals surface area (Å²) in [7, 11) is 0. The number of hydrogen-bond donors (Lipinski definition) is 2. The van der Waals surface area contributed by atoms with Crippen LogP contribution in [0.4, 0.5) is 10.5 Å². The van der Waals surface area contributed by atoms with Gasteiger partial charge in [0, 0.05) is 5.69 Å². The Morgan fingerprint density at radius 2 is 1.93 bits per heavy atom. The first-order valence-corrected chi connectivity index (χ1v) is 4.70. The van der Waals surface area contributed by atoms with Gasteiger partial charge in [-0.1, -0.05) is 23.2 Å². The summed E-state index contributed by atoms with van der Waals surface area (Å²) in [5.41, 5.74) is 7.10. The van der Waals surface area contributed by atoms with Gasteiger partial charge in [-0.05, 0) is 31.0 Å². The molecule has 0 aliphatic rings. The average Bonchev–Trinajstić information content (AvgIpc) is 2.10. The third-order valence-corrected chi connectivity index (χ3v) is 2.95. The lowest BCUT2D eigenvalue weighted by Gasteiger charge is -2.11. The number of halogens is 2. The molecule has 1 rings (SSSR count). The Balaban J connectivity index is 3.25. The standard InChI is InChI=1S/C9H10Cl2N2O/c1-4-3-6(13-9(12)14)5(2)8(11)7(4)10/h3H,1-2H3,(H3,12,13,14). The second kappa shape index (κ2) is 4.07. The van der Waals surface area contributed by atoms with Crippen molar-refractivity contribution in [2.75, 3.05) is 5.32 Å². The van der Waals surface area contributed by atoms with E-state index in [9.17, 15) is 4.79 Å². The lowest BCUT2D eigenvalue weighted by molar-refractivity contribution is 0.259. The average molecular weight is 233 g/mol. The highest BCUT2D eigenvalue weighted by Gasteiger charge is 2.10. The van der Waals surface area contributed by atoms with Gasteiger partial charge in [0.05, 0.1) is 10.0 Å². The molecule has 1 aromatic carbocycles. The number of carbonyl (C=O) groups is 1. The minimum Gasteiger partial charge on any atom is -0.351 e. The number of hydrogen-bond acceptors (Lipinski definition) is 1. The van der Waals surface area contributed by atoms with E-state index in [-0.39, 0.29) is 0 Å². The zero-order valence-corrected chi connectivity index (χ0v) is 9.33. The first kappa shape index (κ1) is 11.1. The predicted molar refractivity (Wildman–Crippen MR) is 59.1 cm³/mol. The molecular formula is C9H10Cl2N2O. The summed E-state index contributed by atoms with van der Waals surface area (Å²) in [4.78, 5) is 10.7. The maximum absolute atomic E-state index is 10.7. The number of carbonyl (C=O) groups excluding carboxylic acids is 1. The molecule has 0 bridgehead atoms. The van der Waals surface area contributed by atoms with E-state index in [1.54, 1.807) is 19.9 Å². The van der Waals surface area contributed by atoms with Crippen molar-refractivity contribution in [2.24, 2.45) is 5.73 Å². The Bertz CT molecular complexity index is 391. The van der Waals surface area contributed by atoms with Crippen molar-refractivity contribution in [3.63, 3.8) is 0 Å². The van der Waals surface area contributed by atoms with Crippen molar-refractivity contribution >= 4 is 34.9 Å². The van der Waals surface area contributed by atoms with Crippen molar-refractivity contribution < 1.29 is 4.79 Å². The summed E-state index contributed by atoms with van der Waals surface area (Å²) in [6.45, 7) is 3.57. The summed E-state index contributed by atoms with van der Waals surface area (Å²) in [6, 6.07) is 1.11. The van der Waals surface area contributed by atoms with E-state index in [4.69, 9.17) is 28.9 Å². The van der Waals surface area contributed by atoms with Gasteiger partial charge >= 0.3 is 6.03 Å². The van der Waals surface area contributed by atoms with Crippen LogP contribution in [0.1, 0.15) is 11.1 Å². The third-order valence-electron chi connectivity index (χ3n) is 1.89. The van der Waals surface area contributed by atoms with Crippen LogP contribution >= 0.6 is 23.2 Å². The minimum absolute atomic E-state index is 0.440. The number of amides is 2. The van der Waals surface area contributed by atoms with E-state index in [1.165, 1.54) is 0 Å². The van der Waals surface area contributed by atoms with Gasteiger partial charge < -0.3 is 11.1 Å². The molecule has 0 radical (unpaired) electrons. The minimum atomic E-state index is -0.620. The van der Waals surface area contributed by atoms with Gasteiger partial charge in [-0.3, -0.25) is 0 Å². The Morgan fingerprint density at radius 3 is 2.43 bits per heavy atom. The molecule has 0 saturated heterocycles. The van der Waals surface area contributed by atoms with E-state index in [0.717, 1.165) is 5.56 Å². The molecule has 0 saturated carbocycles. The summed E-state index contributed by atoms with van der Waals surface area (Å²) in [5.74, 6) is 0. The molecule has 0 atom stereocenters. The normalized spacial score (nSPS) is 10.0. The predicted octanol–water partition coefficient (Wildman–Crippen LogP) is 3.10. The van der Waals surface area contributed by atoms with E-state index in [1.807, 2.05) is 0 Å². The van der Waals surface area contributed by atoms with E-state index >= 15 is 0 Å². The third kappa shape index (κ3) is 2.11. The van der Waals surface area contributed by atoms with Crippen molar-refractivity contribution in [3.8, 4) is 0 Å². The molecule has 0 aromatic heterocycles. The number of nitrogens with two attached hydrogens (primary N) is 1. The van der Waals surface area contributed by atoms with Gasteiger partial charge in [-0.15, -0.1) is 0 Å². The number of anilines is 1. The van der Waals surface area contributed by atoms with Gasteiger partial charge in [-0.2, -0.15) is 0 Å². The molecule has 3 nitrogen and oxygen atoms in total. The first-order chi connectivity index (χ1) is 6.43. The highest BCUT2D eigenvalue weighted by atomic mass is 35.5. The maximum atomic E-state index is 10.7. The topological polar surface area (TPSA) is 55.1 Å². The van der Waals surface area contributed by atoms with Gasteiger partial charge in [0.25, 0.3) is 0 Å². The molecule has 3 N–H and O–H groups in total. The Labute approximate surface area is 92.2 Å². The maximum Gasteiger partial charge on any atom is 0.316 e. The smallest absolute Gasteiger partial charge is 0.316 e. The number of benzene rings is 1. The second-order valence-corrected chi connectivity index (χ2v) is 3.74. The van der Waals surface area contributed by atoms with E-state index in [0.29, 0.717) is 21.3 Å². The molecule has 0 unspecified atom stereocenters. The first-order valence-electron chi connectivity index (χ1n) is 3.95. The lowest BCUT2D eigenvalue weighted by atomic mass is 10.1. The molecule has 0 fully saturated rings. The highest BCUT2D eigenvalue weighted by molar-refractivity contribution is 6.43. The summed E-state index contributed by atoms with van der Waals surface area (Å²) in [5, 5.41) is 3.42. The molecule has 0 spiro atoms. The van der Waals surface area contributed by atoms with E-state index < -0.39 is 6.03 Å². The van der Waals surface area contributed by atoms with Gasteiger partial charge in [0.1, 0.15) is 0 Å². The Kier molecular flexibility index (Phi) is 3.24. The quantitative estimate of drug-likeness (QED) is 0.769. The van der Waals surface area contributed by atoms with Crippen molar-refractivity contribution in [1.29, 1.82) is 0 Å². The zero-order chi connectivity index (χ0) is 10.9. The van der Waals surface area contributed by atoms with Crippen LogP contribution in [0.25, 0.3) is 0 Å². The zero-order valence-electron chi connectivity index (χ0n) is 7.82. The van der Waals surface area contributed by atoms with Crippen LogP contribution in [0.2, 0.25) is 10.0 Å². The van der Waals surface area contributed by atoms with E-state index in [2.05, 4.69) is 5.32 Å². The summed E-state index contributed by atoms with van der Waals surface area (Å²) >= 11 is 11.9. The van der Waals surface area contributed by atoms with Crippen LogP contribution in [0.15, 0.2) is 6.07 Å². The van der Waals surface area contributed by atoms with Crippen molar-refractivity contribution in [1.82, 2.24) is 0 Å². The van der Waals surface area contributed by atoms with Crippen LogP contribution in [-0.2, 0) is 0 Å². The fraction of sp³-hybridized carbons (Fsp3) is 0.222. The van der Waals surface area contributed by atoms with Crippen LogP contribution < -0.4 is 11.1 Å². The SMILES string of the molecule is Cc1cc(NC(N)=O)c(C)c(Cl)c1Cl. The summed E-state index contributed by atoms with van der Waals surface area (Å²) < 4.78 is 0. The van der Waals surface area contributed by atoms with Gasteiger partial charge in [0.15, 0.2) is 0 Å². The molecule has 0 aliphatic heterocycles. The molecule has 14 heavy (non-hydrogen) atoms. The molecule has 1 aromatic rings. The van der Waals surface area contributed by atoms with Crippen LogP contribution in [0.3, 0.4) is 0 Å². The lowest BCUT2D eigenvalue weighted by Crippen LogP contribution is -2.20. The molecular weight excluding hydrogens is 223 g/mol. The Morgan fingerprint density at radius 1 is 1.36 bits per heavy atom. The molecule has 76 valence electrons. The van der Waals surface area contributed by atoms with Crippen LogP contribution in [-0.4, -0.2) is 6.03 Å². The van der Waals surface area contributed by atoms with Crippen molar-refractivity contribution in [2.45, 2.75) is 13.8 Å². The number of aryl methyl sites for hydroxylation is 1. The molecule has 0 aliphatic carbocycles. The van der Waals surface area contributed by atoms with Crippen LogP contribution in [0, 0.1) is 13.8 Å². The number of primary amides is 1. The van der Waals surface area contributed by atoms with Crippen molar-refractivity contribution in [3.05, 3.63) is 27.2 Å². The highest BCUT2D eigenvalue weighted by Crippen LogP contribution is 2.33. The molecule has 0 heterocycles. The Hall–Kier alpha value is -0.930.